The molecule has 1 aliphatic heterocycles. The lowest BCUT2D eigenvalue weighted by atomic mass is 10.2. The molecule has 0 bridgehead atoms. The summed E-state index contributed by atoms with van der Waals surface area (Å²) >= 11 is 6.63. The van der Waals surface area contributed by atoms with Crippen LogP contribution >= 0.6 is 24.0 Å². The van der Waals surface area contributed by atoms with E-state index in [0.717, 1.165) is 5.56 Å². The number of nitrogen functional groups attached to an aromatic ring is 1. The predicted molar refractivity (Wildman–Crippen MR) is 92.9 cm³/mol. The van der Waals surface area contributed by atoms with Gasteiger partial charge in [-0.05, 0) is 29.8 Å². The van der Waals surface area contributed by atoms with Gasteiger partial charge in [-0.1, -0.05) is 60.4 Å². The van der Waals surface area contributed by atoms with Gasteiger partial charge in [-0.15, -0.1) is 0 Å². The van der Waals surface area contributed by atoms with Crippen molar-refractivity contribution in [3.8, 4) is 0 Å². The van der Waals surface area contributed by atoms with Crippen molar-refractivity contribution in [1.29, 1.82) is 0 Å². The Morgan fingerprint density at radius 3 is 2.57 bits per heavy atom. The second-order valence-corrected chi connectivity index (χ2v) is 6.20. The Bertz CT molecular complexity index is 741. The minimum absolute atomic E-state index is 0.112. The van der Waals surface area contributed by atoms with Crippen molar-refractivity contribution in [3.63, 3.8) is 0 Å². The van der Waals surface area contributed by atoms with Crippen molar-refractivity contribution in [2.24, 2.45) is 0 Å². The van der Waals surface area contributed by atoms with Gasteiger partial charge in [0.25, 0.3) is 5.91 Å². The van der Waals surface area contributed by atoms with E-state index in [2.05, 4.69) is 0 Å². The maximum atomic E-state index is 12.5. The van der Waals surface area contributed by atoms with Crippen LogP contribution in [0.5, 0.6) is 0 Å². The standard InChI is InChI=1S/C16H12N2OS2/c17-12-7-4-8-13(10-12)18-15(19)14(21-16(18)20)9-11-5-2-1-3-6-11/h1-10H,17H2/b14-9+. The molecule has 104 valence electrons. The van der Waals surface area contributed by atoms with Gasteiger partial charge in [0.15, 0.2) is 4.32 Å². The van der Waals surface area contributed by atoms with Crippen LogP contribution in [0.25, 0.3) is 6.08 Å². The molecule has 0 aromatic heterocycles. The number of hydrogen-bond acceptors (Lipinski definition) is 4. The minimum Gasteiger partial charge on any atom is -0.399 e. The van der Waals surface area contributed by atoms with Crippen LogP contribution in [0, 0.1) is 0 Å². The summed E-state index contributed by atoms with van der Waals surface area (Å²) in [6.07, 6.45) is 1.85. The van der Waals surface area contributed by atoms with Crippen molar-refractivity contribution in [3.05, 3.63) is 65.1 Å². The lowest BCUT2D eigenvalue weighted by Gasteiger charge is -2.14. The van der Waals surface area contributed by atoms with E-state index in [9.17, 15) is 4.79 Å². The molecule has 1 amide bonds. The van der Waals surface area contributed by atoms with Gasteiger partial charge in [-0.3, -0.25) is 9.69 Å². The van der Waals surface area contributed by atoms with Gasteiger partial charge in [0, 0.05) is 5.69 Å². The first kappa shape index (κ1) is 13.9. The summed E-state index contributed by atoms with van der Waals surface area (Å²) < 4.78 is 0.521. The number of thioether (sulfide) groups is 1. The molecule has 5 heteroatoms. The highest BCUT2D eigenvalue weighted by molar-refractivity contribution is 8.27. The number of thiocarbonyl (C=S) groups is 1. The molecular formula is C16H12N2OS2. The number of carbonyl (C=O) groups excluding carboxylic acids is 1. The van der Waals surface area contributed by atoms with E-state index in [1.165, 1.54) is 16.7 Å². The van der Waals surface area contributed by atoms with E-state index in [0.29, 0.717) is 20.6 Å². The monoisotopic (exact) mass is 312 g/mol. The summed E-state index contributed by atoms with van der Waals surface area (Å²) in [5.41, 5.74) is 8.06. The first-order valence-electron chi connectivity index (χ1n) is 6.34. The van der Waals surface area contributed by atoms with Crippen LogP contribution in [0.4, 0.5) is 11.4 Å². The van der Waals surface area contributed by atoms with Crippen molar-refractivity contribution in [1.82, 2.24) is 0 Å². The number of nitrogens with zero attached hydrogens (tertiary/aromatic N) is 1. The molecule has 0 atom stereocenters. The molecule has 0 unspecified atom stereocenters. The Morgan fingerprint density at radius 2 is 1.86 bits per heavy atom. The number of benzene rings is 2. The van der Waals surface area contributed by atoms with Crippen LogP contribution in [-0.4, -0.2) is 10.2 Å². The second-order valence-electron chi connectivity index (χ2n) is 4.52. The Morgan fingerprint density at radius 1 is 1.10 bits per heavy atom. The molecule has 0 aliphatic carbocycles. The van der Waals surface area contributed by atoms with Crippen LogP contribution in [0.3, 0.4) is 0 Å². The first-order chi connectivity index (χ1) is 10.1. The third kappa shape index (κ3) is 2.84. The molecule has 1 fully saturated rings. The number of hydrogen-bond donors (Lipinski definition) is 1. The van der Waals surface area contributed by atoms with Crippen molar-refractivity contribution >= 4 is 51.7 Å². The fourth-order valence-electron chi connectivity index (χ4n) is 2.05. The molecule has 2 aromatic rings. The fraction of sp³-hybridized carbons (Fsp3) is 0. The topological polar surface area (TPSA) is 46.3 Å². The molecule has 3 rings (SSSR count). The molecular weight excluding hydrogens is 300 g/mol. The molecule has 21 heavy (non-hydrogen) atoms. The van der Waals surface area contributed by atoms with E-state index in [1.54, 1.807) is 12.1 Å². The number of nitrogens with two attached hydrogens (primary N) is 1. The van der Waals surface area contributed by atoms with Gasteiger partial charge >= 0.3 is 0 Å². The van der Waals surface area contributed by atoms with Crippen LogP contribution in [0.15, 0.2) is 59.5 Å². The average Bonchev–Trinajstić information content (AvgIpc) is 2.74. The highest BCUT2D eigenvalue weighted by Crippen LogP contribution is 2.36. The van der Waals surface area contributed by atoms with Crippen molar-refractivity contribution < 1.29 is 4.79 Å². The van der Waals surface area contributed by atoms with Crippen molar-refractivity contribution in [2.75, 3.05) is 10.6 Å². The largest absolute Gasteiger partial charge is 0.399 e. The van der Waals surface area contributed by atoms with Crippen LogP contribution in [0.2, 0.25) is 0 Å². The minimum atomic E-state index is -0.112. The van der Waals surface area contributed by atoms with E-state index in [1.807, 2.05) is 48.5 Å². The number of rotatable bonds is 2. The number of carbonyl (C=O) groups is 1. The second kappa shape index (κ2) is 5.71. The van der Waals surface area contributed by atoms with Crippen LogP contribution in [-0.2, 0) is 4.79 Å². The number of anilines is 2. The van der Waals surface area contributed by atoms with Gasteiger partial charge in [0.1, 0.15) is 0 Å². The smallest absolute Gasteiger partial charge is 0.270 e. The van der Waals surface area contributed by atoms with Gasteiger partial charge in [0.05, 0.1) is 10.6 Å². The van der Waals surface area contributed by atoms with Gasteiger partial charge in [-0.2, -0.15) is 0 Å². The first-order valence-corrected chi connectivity index (χ1v) is 7.56. The summed E-state index contributed by atoms with van der Waals surface area (Å²) in [6.45, 7) is 0. The molecule has 1 aliphatic rings. The lowest BCUT2D eigenvalue weighted by molar-refractivity contribution is -0.113. The Hall–Kier alpha value is -2.11. The molecule has 2 N–H and O–H groups in total. The summed E-state index contributed by atoms with van der Waals surface area (Å²) in [5.74, 6) is -0.112. The normalized spacial score (nSPS) is 16.8. The molecule has 2 aromatic carbocycles. The zero-order valence-corrected chi connectivity index (χ0v) is 12.7. The maximum absolute atomic E-state index is 12.5. The highest BCUT2D eigenvalue weighted by atomic mass is 32.2. The Kier molecular flexibility index (Phi) is 3.77. The van der Waals surface area contributed by atoms with E-state index >= 15 is 0 Å². The van der Waals surface area contributed by atoms with Crippen LogP contribution in [0.1, 0.15) is 5.56 Å². The summed E-state index contributed by atoms with van der Waals surface area (Å²) in [6, 6.07) is 16.9. The summed E-state index contributed by atoms with van der Waals surface area (Å²) in [5, 5.41) is 0. The fourth-order valence-corrected chi connectivity index (χ4v) is 3.35. The van der Waals surface area contributed by atoms with E-state index in [4.69, 9.17) is 18.0 Å². The molecule has 1 saturated heterocycles. The highest BCUT2D eigenvalue weighted by Gasteiger charge is 2.33. The zero-order valence-electron chi connectivity index (χ0n) is 11.0. The Labute approximate surface area is 132 Å². The van der Waals surface area contributed by atoms with E-state index in [-0.39, 0.29) is 5.91 Å². The lowest BCUT2D eigenvalue weighted by Crippen LogP contribution is -2.27. The van der Waals surface area contributed by atoms with E-state index < -0.39 is 0 Å². The molecule has 0 saturated carbocycles. The zero-order chi connectivity index (χ0) is 14.8. The van der Waals surface area contributed by atoms with Gasteiger partial charge in [0.2, 0.25) is 0 Å². The molecule has 3 nitrogen and oxygen atoms in total. The molecule has 1 heterocycles. The van der Waals surface area contributed by atoms with Crippen LogP contribution < -0.4 is 10.6 Å². The van der Waals surface area contributed by atoms with Crippen molar-refractivity contribution in [2.45, 2.75) is 0 Å². The molecule has 0 spiro atoms. The summed E-state index contributed by atoms with van der Waals surface area (Å²) in [7, 11) is 0. The van der Waals surface area contributed by atoms with Gasteiger partial charge < -0.3 is 5.73 Å². The van der Waals surface area contributed by atoms with Gasteiger partial charge in [-0.25, -0.2) is 0 Å². The third-order valence-corrected chi connectivity index (χ3v) is 4.32. The summed E-state index contributed by atoms with van der Waals surface area (Å²) in [4.78, 5) is 14.7. The average molecular weight is 312 g/mol. The molecule has 0 radical (unpaired) electrons. The number of amides is 1. The predicted octanol–water partition coefficient (Wildman–Crippen LogP) is 3.67. The SMILES string of the molecule is Nc1cccc(N2C(=O)/C(=C\c3ccccc3)SC2=S)c1. The quantitative estimate of drug-likeness (QED) is 0.522. The third-order valence-electron chi connectivity index (χ3n) is 3.02. The Balaban J connectivity index is 1.94. The maximum Gasteiger partial charge on any atom is 0.270 e.